The van der Waals surface area contributed by atoms with Gasteiger partial charge in [0.2, 0.25) is 13.1 Å². The first-order chi connectivity index (χ1) is 18.2. The highest BCUT2D eigenvalue weighted by Crippen LogP contribution is 2.45. The highest BCUT2D eigenvalue weighted by Gasteiger charge is 2.42. The molecule has 0 spiro atoms. The van der Waals surface area contributed by atoms with Crippen LogP contribution in [-0.2, 0) is 23.7 Å². The van der Waals surface area contributed by atoms with Gasteiger partial charge in [-0.25, -0.2) is 0 Å². The van der Waals surface area contributed by atoms with Gasteiger partial charge in [0.1, 0.15) is 0 Å². The van der Waals surface area contributed by atoms with Gasteiger partial charge in [-0.3, -0.25) is 4.79 Å². The van der Waals surface area contributed by atoms with E-state index < -0.39 is 6.29 Å². The third-order valence-electron chi connectivity index (χ3n) is 7.98. The molecule has 2 fully saturated rings. The third kappa shape index (κ3) is 6.22. The van der Waals surface area contributed by atoms with E-state index in [-0.39, 0.29) is 37.2 Å². The lowest BCUT2D eigenvalue weighted by Gasteiger charge is -2.37. The predicted molar refractivity (Wildman–Crippen MR) is 134 cm³/mol. The Morgan fingerprint density at radius 1 is 1.08 bits per heavy atom. The Morgan fingerprint density at radius 3 is 2.68 bits per heavy atom. The normalized spacial score (nSPS) is 29.7. The van der Waals surface area contributed by atoms with Gasteiger partial charge in [0.25, 0.3) is 5.91 Å². The number of carbonyl (C=O) groups is 1. The maximum absolute atomic E-state index is 13.4. The highest BCUT2D eigenvalue weighted by atomic mass is 16.7. The minimum Gasteiger partial charge on any atom is -0.459 e. The van der Waals surface area contributed by atoms with Crippen LogP contribution in [0.5, 0.6) is 11.5 Å². The lowest BCUT2D eigenvalue weighted by molar-refractivity contribution is -0.168. The van der Waals surface area contributed by atoms with Crippen LogP contribution < -0.4 is 14.8 Å². The number of aliphatic hydroxyl groups is 1. The molecular weight excluding hydrogens is 478 g/mol. The van der Waals surface area contributed by atoms with E-state index in [4.69, 9.17) is 33.5 Å². The summed E-state index contributed by atoms with van der Waals surface area (Å²) in [6.45, 7) is 4.25. The van der Waals surface area contributed by atoms with E-state index in [1.54, 1.807) is 0 Å². The molecule has 2 aliphatic carbocycles. The van der Waals surface area contributed by atoms with Crippen LogP contribution >= 0.6 is 0 Å². The number of ether oxygens (including phenoxy) is 6. The Hall–Kier alpha value is -2.33. The Balaban J connectivity index is 1.32. The van der Waals surface area contributed by atoms with E-state index >= 15 is 0 Å². The summed E-state index contributed by atoms with van der Waals surface area (Å²) in [6.07, 6.45) is 6.79. The van der Waals surface area contributed by atoms with E-state index in [0.717, 1.165) is 23.7 Å². The molecule has 4 aliphatic rings. The highest BCUT2D eigenvalue weighted by molar-refractivity contribution is 5.92. The van der Waals surface area contributed by atoms with Crippen molar-refractivity contribution in [1.82, 2.24) is 5.32 Å². The summed E-state index contributed by atoms with van der Waals surface area (Å²) in [5.41, 5.74) is 1.01. The quantitative estimate of drug-likeness (QED) is 0.385. The van der Waals surface area contributed by atoms with Crippen LogP contribution in [0.3, 0.4) is 0 Å². The second-order valence-electron chi connectivity index (χ2n) is 10.3. The molecule has 9 nitrogen and oxygen atoms in total. The summed E-state index contributed by atoms with van der Waals surface area (Å²) in [4.78, 5) is 13.4. The largest absolute Gasteiger partial charge is 0.459 e. The first-order valence-electron chi connectivity index (χ1n) is 13.6. The van der Waals surface area contributed by atoms with Gasteiger partial charge in [-0.15, -0.1) is 0 Å². The Morgan fingerprint density at radius 2 is 1.92 bits per heavy atom. The summed E-state index contributed by atoms with van der Waals surface area (Å²) >= 11 is 0. The minimum absolute atomic E-state index is 0.00308. The number of aliphatic hydroxyl groups excluding tert-OH is 1. The predicted octanol–water partition coefficient (Wildman–Crippen LogP) is 3.11. The summed E-state index contributed by atoms with van der Waals surface area (Å²) in [5.74, 6) is 2.70. The SMILES string of the molecule is CCO[C@@H]1OC(C(=O)NC2CC3CCC2C3)=C[C@H](c2ccc3c(c2)OCO3)[C@@H]1CCOCCOCCO. The van der Waals surface area contributed by atoms with Crippen molar-refractivity contribution in [3.8, 4) is 11.5 Å². The Bertz CT molecular complexity index is 952. The number of amides is 1. The zero-order chi connectivity index (χ0) is 25.6. The van der Waals surface area contributed by atoms with E-state index in [1.165, 1.54) is 19.3 Å². The fourth-order valence-electron chi connectivity index (χ4n) is 6.21. The number of rotatable bonds is 13. The average Bonchev–Trinajstić information content (AvgIpc) is 3.65. The minimum atomic E-state index is -0.583. The molecule has 0 radical (unpaired) electrons. The zero-order valence-electron chi connectivity index (χ0n) is 21.6. The molecule has 2 bridgehead atoms. The molecule has 204 valence electrons. The number of nitrogens with one attached hydrogen (secondary N) is 1. The van der Waals surface area contributed by atoms with E-state index in [9.17, 15) is 4.79 Å². The molecule has 3 unspecified atom stereocenters. The lowest BCUT2D eigenvalue weighted by atomic mass is 9.81. The van der Waals surface area contributed by atoms with Crippen molar-refractivity contribution in [2.24, 2.45) is 17.8 Å². The summed E-state index contributed by atoms with van der Waals surface area (Å²) in [5, 5.41) is 12.1. The van der Waals surface area contributed by atoms with Crippen LogP contribution in [-0.4, -0.2) is 69.8 Å². The van der Waals surface area contributed by atoms with Crippen molar-refractivity contribution in [3.63, 3.8) is 0 Å². The van der Waals surface area contributed by atoms with Crippen LogP contribution in [0.1, 0.15) is 50.5 Å². The molecular formula is C28H39NO8. The van der Waals surface area contributed by atoms with Crippen molar-refractivity contribution in [1.29, 1.82) is 0 Å². The Kier molecular flexibility index (Phi) is 8.86. The fraction of sp³-hybridized carbons (Fsp3) is 0.679. The van der Waals surface area contributed by atoms with Gasteiger partial charge in [0, 0.05) is 31.1 Å². The van der Waals surface area contributed by atoms with E-state index in [1.807, 2.05) is 31.2 Å². The van der Waals surface area contributed by atoms with Crippen molar-refractivity contribution in [2.45, 2.75) is 57.3 Å². The lowest BCUT2D eigenvalue weighted by Crippen LogP contribution is -2.43. The maximum atomic E-state index is 13.4. The number of hydrogen-bond acceptors (Lipinski definition) is 8. The van der Waals surface area contributed by atoms with E-state index in [2.05, 4.69) is 5.32 Å². The number of allylic oxidation sites excluding steroid dienone is 1. The van der Waals surface area contributed by atoms with Gasteiger partial charge in [-0.05, 0) is 68.2 Å². The molecule has 0 aromatic heterocycles. The van der Waals surface area contributed by atoms with Gasteiger partial charge < -0.3 is 38.8 Å². The second kappa shape index (κ2) is 12.5. The molecule has 1 aromatic carbocycles. The van der Waals surface area contributed by atoms with Crippen LogP contribution in [0.2, 0.25) is 0 Å². The van der Waals surface area contributed by atoms with Crippen LogP contribution in [0.4, 0.5) is 0 Å². The molecule has 1 amide bonds. The Labute approximate surface area is 218 Å². The van der Waals surface area contributed by atoms with Gasteiger partial charge in [0.05, 0.1) is 26.4 Å². The average molecular weight is 518 g/mol. The maximum Gasteiger partial charge on any atom is 0.286 e. The van der Waals surface area contributed by atoms with Crippen molar-refractivity contribution in [2.75, 3.05) is 46.4 Å². The molecule has 1 aromatic rings. The molecule has 37 heavy (non-hydrogen) atoms. The summed E-state index contributed by atoms with van der Waals surface area (Å²) in [6, 6.07) is 6.15. The van der Waals surface area contributed by atoms with Crippen LogP contribution in [0.15, 0.2) is 30.0 Å². The molecule has 9 heteroatoms. The fourth-order valence-corrected chi connectivity index (χ4v) is 6.21. The summed E-state index contributed by atoms with van der Waals surface area (Å²) < 4.78 is 34.5. The first-order valence-corrected chi connectivity index (χ1v) is 13.6. The molecule has 2 heterocycles. The van der Waals surface area contributed by atoms with Crippen molar-refractivity contribution < 1.29 is 38.3 Å². The van der Waals surface area contributed by atoms with Crippen molar-refractivity contribution in [3.05, 3.63) is 35.6 Å². The number of carbonyl (C=O) groups excluding carboxylic acids is 1. The monoisotopic (exact) mass is 517 g/mol. The molecule has 2 saturated carbocycles. The van der Waals surface area contributed by atoms with Gasteiger partial charge in [-0.2, -0.15) is 0 Å². The van der Waals surface area contributed by atoms with Crippen LogP contribution in [0, 0.1) is 17.8 Å². The van der Waals surface area contributed by atoms with Gasteiger partial charge in [-0.1, -0.05) is 12.5 Å². The molecule has 2 aliphatic heterocycles. The van der Waals surface area contributed by atoms with E-state index in [0.29, 0.717) is 56.9 Å². The van der Waals surface area contributed by atoms with Gasteiger partial charge >= 0.3 is 0 Å². The molecule has 5 rings (SSSR count). The third-order valence-corrected chi connectivity index (χ3v) is 7.98. The van der Waals surface area contributed by atoms with Crippen LogP contribution in [0.25, 0.3) is 0 Å². The number of hydrogen-bond donors (Lipinski definition) is 2. The molecule has 2 N–H and O–H groups in total. The van der Waals surface area contributed by atoms with Crippen molar-refractivity contribution >= 4 is 5.91 Å². The first kappa shape index (κ1) is 26.3. The summed E-state index contributed by atoms with van der Waals surface area (Å²) in [7, 11) is 0. The molecule has 0 saturated heterocycles. The molecule has 6 atom stereocenters. The zero-order valence-corrected chi connectivity index (χ0v) is 21.6. The van der Waals surface area contributed by atoms with Gasteiger partial charge in [0.15, 0.2) is 17.3 Å². The smallest absolute Gasteiger partial charge is 0.286 e. The second-order valence-corrected chi connectivity index (χ2v) is 10.3. The number of benzene rings is 1. The standard InChI is InChI=1S/C28H39NO8/c1-2-34-28-21(7-9-32-11-12-33-10-8-30)22(19-5-6-24-25(15-19)36-17-35-24)16-26(37-28)27(31)29-23-14-18-3-4-20(23)13-18/h5-6,15-16,18,20-23,28,30H,2-4,7-14,17H2,1H3,(H,29,31)/t18?,20?,21-,22+,23?,28+/m0/s1. The number of fused-ring (bicyclic) bond motifs is 3. The topological polar surface area (TPSA) is 105 Å².